The van der Waals surface area contributed by atoms with Crippen molar-refractivity contribution in [2.75, 3.05) is 6.26 Å². The number of nitrogens with zero attached hydrogens (tertiary/aromatic N) is 3. The highest BCUT2D eigenvalue weighted by molar-refractivity contribution is 7.98. The Bertz CT molecular complexity index is 876. The third-order valence-corrected chi connectivity index (χ3v) is 4.00. The summed E-state index contributed by atoms with van der Waals surface area (Å²) in [6.07, 6.45) is 1.89. The van der Waals surface area contributed by atoms with Gasteiger partial charge in [0, 0.05) is 11.6 Å². The van der Waals surface area contributed by atoms with Crippen LogP contribution in [0.15, 0.2) is 40.3 Å². The highest BCUT2D eigenvalue weighted by Gasteiger charge is 2.16. The molecule has 0 saturated carbocycles. The van der Waals surface area contributed by atoms with E-state index in [2.05, 4.69) is 15.1 Å². The van der Waals surface area contributed by atoms with Gasteiger partial charge in [0.25, 0.3) is 5.56 Å². The maximum Gasteiger partial charge on any atom is 0.266 e. The molecular formula is C17H22N4O2S. The molecule has 2 N–H and O–H groups in total. The molecule has 24 heavy (non-hydrogen) atoms. The second-order valence-corrected chi connectivity index (χ2v) is 6.26. The Balaban J connectivity index is 0.00000100. The van der Waals surface area contributed by atoms with Gasteiger partial charge in [0.2, 0.25) is 0 Å². The van der Waals surface area contributed by atoms with Crippen LogP contribution in [-0.4, -0.2) is 30.9 Å². The zero-order chi connectivity index (χ0) is 17.9. The zero-order valence-corrected chi connectivity index (χ0v) is 15.3. The number of hydrogen-bond acceptors (Lipinski definition) is 5. The van der Waals surface area contributed by atoms with Crippen molar-refractivity contribution in [3.63, 3.8) is 0 Å². The van der Waals surface area contributed by atoms with E-state index >= 15 is 0 Å². The summed E-state index contributed by atoms with van der Waals surface area (Å²) in [5, 5.41) is 13.3. The van der Waals surface area contributed by atoms with E-state index in [1.165, 1.54) is 17.8 Å². The third-order valence-electron chi connectivity index (χ3n) is 3.36. The lowest BCUT2D eigenvalue weighted by atomic mass is 9.97. The Labute approximate surface area is 145 Å². The normalized spacial score (nSPS) is 11.2. The summed E-state index contributed by atoms with van der Waals surface area (Å²) in [7, 11) is 0. The first-order chi connectivity index (χ1) is 11.4. The van der Waals surface area contributed by atoms with Crippen LogP contribution in [0.1, 0.15) is 33.3 Å². The number of fused-ring (bicyclic) bond motifs is 1. The molecule has 0 aliphatic carbocycles. The first-order valence-electron chi connectivity index (χ1n) is 7.75. The molecule has 3 aromatic rings. The van der Waals surface area contributed by atoms with Crippen LogP contribution in [0.25, 0.3) is 17.0 Å². The Hall–Kier alpha value is -2.12. The lowest BCUT2D eigenvalue weighted by Crippen LogP contribution is -2.15. The second-order valence-electron chi connectivity index (χ2n) is 5.48. The average Bonchev–Trinajstić information content (AvgIpc) is 2.95. The summed E-state index contributed by atoms with van der Waals surface area (Å²) in [5.74, 6) is 0.547. The summed E-state index contributed by atoms with van der Waals surface area (Å²) >= 11 is 1.43. The lowest BCUT2D eigenvalue weighted by Gasteiger charge is -2.17. The molecule has 0 spiro atoms. The molecule has 3 rings (SSSR count). The number of thioether (sulfide) groups is 1. The molecule has 2 aromatic heterocycles. The number of H-pyrrole nitrogens is 1. The fourth-order valence-electron chi connectivity index (χ4n) is 2.18. The van der Waals surface area contributed by atoms with E-state index in [4.69, 9.17) is 0 Å². The molecule has 0 aliphatic rings. The van der Waals surface area contributed by atoms with E-state index in [1.54, 1.807) is 18.4 Å². The van der Waals surface area contributed by atoms with Crippen LogP contribution < -0.4 is 5.56 Å². The van der Waals surface area contributed by atoms with E-state index in [-0.39, 0.29) is 5.56 Å². The Morgan fingerprint density at radius 2 is 1.79 bits per heavy atom. The molecular weight excluding hydrogens is 324 g/mol. The molecule has 0 fully saturated rings. The number of nitrogens with one attached hydrogen (secondary N) is 1. The topological polar surface area (TPSA) is 83.3 Å². The number of hydrogen-bond donors (Lipinski definition) is 2. The smallest absolute Gasteiger partial charge is 0.266 e. The van der Waals surface area contributed by atoms with Gasteiger partial charge in [0.05, 0.1) is 5.60 Å². The van der Waals surface area contributed by atoms with Crippen molar-refractivity contribution >= 4 is 17.4 Å². The highest BCUT2D eigenvalue weighted by atomic mass is 32.2. The van der Waals surface area contributed by atoms with Gasteiger partial charge in [-0.2, -0.15) is 0 Å². The molecule has 1 aromatic carbocycles. The number of rotatable bonds is 3. The predicted octanol–water partition coefficient (Wildman–Crippen LogP) is 3.06. The summed E-state index contributed by atoms with van der Waals surface area (Å²) in [6, 6.07) is 8.88. The summed E-state index contributed by atoms with van der Waals surface area (Å²) in [5.41, 5.74) is 1.09. The molecule has 0 unspecified atom stereocenters. The minimum Gasteiger partial charge on any atom is -0.386 e. The van der Waals surface area contributed by atoms with Crippen molar-refractivity contribution < 1.29 is 5.11 Å². The Kier molecular flexibility index (Phi) is 5.46. The molecule has 128 valence electrons. The predicted molar refractivity (Wildman–Crippen MR) is 97.4 cm³/mol. The molecule has 0 saturated heterocycles. The van der Waals surface area contributed by atoms with Crippen LogP contribution in [0, 0.1) is 0 Å². The first kappa shape index (κ1) is 18.2. The van der Waals surface area contributed by atoms with Gasteiger partial charge in [-0.25, -0.2) is 14.5 Å². The van der Waals surface area contributed by atoms with E-state index in [0.29, 0.717) is 16.6 Å². The molecule has 6 nitrogen and oxygen atoms in total. The number of aromatic nitrogens is 4. The molecule has 7 heteroatoms. The lowest BCUT2D eigenvalue weighted by molar-refractivity contribution is 0.0786. The van der Waals surface area contributed by atoms with E-state index in [1.807, 2.05) is 44.4 Å². The van der Waals surface area contributed by atoms with Crippen LogP contribution >= 0.6 is 11.8 Å². The number of aliphatic hydroxyl groups is 1. The first-order valence-corrected chi connectivity index (χ1v) is 8.98. The molecule has 0 atom stereocenters. The number of aromatic amines is 1. The minimum absolute atomic E-state index is 0.209. The van der Waals surface area contributed by atoms with Crippen LogP contribution in [0.4, 0.5) is 0 Å². The van der Waals surface area contributed by atoms with Gasteiger partial charge < -0.3 is 5.11 Å². The van der Waals surface area contributed by atoms with Gasteiger partial charge >= 0.3 is 0 Å². The van der Waals surface area contributed by atoms with Crippen molar-refractivity contribution in [1.29, 1.82) is 0 Å². The van der Waals surface area contributed by atoms with Gasteiger partial charge in [-0.3, -0.25) is 9.89 Å². The van der Waals surface area contributed by atoms with Gasteiger partial charge in [-0.1, -0.05) is 49.9 Å². The van der Waals surface area contributed by atoms with Crippen LogP contribution in [0.5, 0.6) is 0 Å². The van der Waals surface area contributed by atoms with Gasteiger partial charge in [-0.05, 0) is 25.7 Å². The average molecular weight is 346 g/mol. The molecule has 2 heterocycles. The molecule has 0 aliphatic heterocycles. The largest absolute Gasteiger partial charge is 0.386 e. The van der Waals surface area contributed by atoms with Gasteiger partial charge in [-0.15, -0.1) is 0 Å². The Morgan fingerprint density at radius 1 is 1.17 bits per heavy atom. The summed E-state index contributed by atoms with van der Waals surface area (Å²) in [4.78, 5) is 20.4. The Morgan fingerprint density at radius 3 is 2.33 bits per heavy atom. The van der Waals surface area contributed by atoms with Crippen LogP contribution in [0.3, 0.4) is 0 Å². The van der Waals surface area contributed by atoms with E-state index in [0.717, 1.165) is 11.1 Å². The molecule has 0 amide bonds. The number of benzene rings is 1. The second kappa shape index (κ2) is 7.19. The SMILES string of the molecule is CC.CSc1nc(-c2ccc(C(C)(C)O)cc2)nc2cc(=O)[nH]n12. The van der Waals surface area contributed by atoms with Crippen molar-refractivity contribution in [3.8, 4) is 11.4 Å². The van der Waals surface area contributed by atoms with Crippen molar-refractivity contribution in [3.05, 3.63) is 46.2 Å². The highest BCUT2D eigenvalue weighted by Crippen LogP contribution is 2.24. The summed E-state index contributed by atoms with van der Waals surface area (Å²) in [6.45, 7) is 7.48. The van der Waals surface area contributed by atoms with E-state index in [9.17, 15) is 9.90 Å². The van der Waals surface area contributed by atoms with Crippen LogP contribution in [0.2, 0.25) is 0 Å². The fourth-order valence-corrected chi connectivity index (χ4v) is 2.68. The monoisotopic (exact) mass is 346 g/mol. The van der Waals surface area contributed by atoms with Crippen molar-refractivity contribution in [2.24, 2.45) is 0 Å². The molecule has 0 radical (unpaired) electrons. The zero-order valence-electron chi connectivity index (χ0n) is 14.5. The molecule has 0 bridgehead atoms. The minimum atomic E-state index is -0.887. The van der Waals surface area contributed by atoms with E-state index < -0.39 is 5.60 Å². The van der Waals surface area contributed by atoms with Crippen molar-refractivity contribution in [2.45, 2.75) is 38.5 Å². The van der Waals surface area contributed by atoms with Gasteiger partial charge in [0.1, 0.15) is 0 Å². The summed E-state index contributed by atoms with van der Waals surface area (Å²) < 4.78 is 1.57. The quantitative estimate of drug-likeness (QED) is 0.712. The third kappa shape index (κ3) is 3.68. The van der Waals surface area contributed by atoms with Crippen LogP contribution in [-0.2, 0) is 5.60 Å². The standard InChI is InChI=1S/C15H16N4O2S.C2H6/c1-15(2,21)10-6-4-9(5-7-10)13-16-11-8-12(20)18-19(11)14(17-13)22-3;1-2/h4-8,21H,1-3H3,(H,18,20);1-2H3. The maximum absolute atomic E-state index is 11.5. The van der Waals surface area contributed by atoms with Gasteiger partial charge in [0.15, 0.2) is 16.6 Å². The maximum atomic E-state index is 11.5. The fraction of sp³-hybridized carbons (Fsp3) is 0.353. The van der Waals surface area contributed by atoms with Crippen molar-refractivity contribution in [1.82, 2.24) is 19.6 Å².